The van der Waals surface area contributed by atoms with Gasteiger partial charge in [-0.1, -0.05) is 12.1 Å². The number of benzene rings is 1. The molecule has 98 valence electrons. The van der Waals surface area contributed by atoms with Crippen LogP contribution in [0.25, 0.3) is 0 Å². The fourth-order valence-corrected chi connectivity index (χ4v) is 1.71. The number of para-hydroxylation sites is 1. The van der Waals surface area contributed by atoms with Gasteiger partial charge in [0, 0.05) is 18.5 Å². The zero-order valence-corrected chi connectivity index (χ0v) is 11.9. The third kappa shape index (κ3) is 4.46. The summed E-state index contributed by atoms with van der Waals surface area (Å²) in [6, 6.07) is 7.27. The molecular formula is C12H15BrN2O3. The highest BCUT2D eigenvalue weighted by Crippen LogP contribution is 2.20. The monoisotopic (exact) mass is 314 g/mol. The molecule has 5 nitrogen and oxygen atoms in total. The van der Waals surface area contributed by atoms with Crippen LogP contribution in [0.4, 0.5) is 5.69 Å². The number of nitrogens with one attached hydrogen (secondary N) is 1. The third-order valence-corrected chi connectivity index (χ3v) is 2.90. The number of nitrogens with zero attached hydrogens (tertiary/aromatic N) is 1. The van der Waals surface area contributed by atoms with E-state index in [4.69, 9.17) is 4.74 Å². The van der Waals surface area contributed by atoms with Gasteiger partial charge in [-0.15, -0.1) is 0 Å². The van der Waals surface area contributed by atoms with Crippen LogP contribution < -0.4 is 5.32 Å². The number of rotatable bonds is 5. The van der Waals surface area contributed by atoms with Crippen LogP contribution in [0.2, 0.25) is 0 Å². The van der Waals surface area contributed by atoms with Crippen molar-refractivity contribution in [3.05, 3.63) is 28.7 Å². The van der Waals surface area contributed by atoms with Gasteiger partial charge in [0.25, 0.3) is 0 Å². The molecule has 0 fully saturated rings. The van der Waals surface area contributed by atoms with E-state index in [9.17, 15) is 9.59 Å². The van der Waals surface area contributed by atoms with E-state index in [-0.39, 0.29) is 25.1 Å². The molecule has 0 bridgehead atoms. The Hall–Kier alpha value is -1.40. The van der Waals surface area contributed by atoms with Crippen molar-refractivity contribution < 1.29 is 14.3 Å². The fourth-order valence-electron chi connectivity index (χ4n) is 1.33. The molecule has 0 heterocycles. The van der Waals surface area contributed by atoms with E-state index in [0.717, 1.165) is 4.47 Å². The Morgan fingerprint density at radius 1 is 1.39 bits per heavy atom. The van der Waals surface area contributed by atoms with Crippen LogP contribution in [-0.2, 0) is 14.3 Å². The number of hydrogen-bond acceptors (Lipinski definition) is 3. The van der Waals surface area contributed by atoms with Crippen LogP contribution in [0.1, 0.15) is 6.92 Å². The zero-order chi connectivity index (χ0) is 13.5. The molecule has 1 N–H and O–H groups in total. The molecule has 1 rings (SSSR count). The SMILES string of the molecule is COCN(CC(=O)Nc1ccccc1Br)C(C)=O. The second-order valence-electron chi connectivity index (χ2n) is 3.66. The molecule has 0 aliphatic heterocycles. The predicted molar refractivity (Wildman–Crippen MR) is 72.0 cm³/mol. The van der Waals surface area contributed by atoms with Crippen LogP contribution in [0, 0.1) is 0 Å². The molecule has 0 saturated carbocycles. The molecular weight excluding hydrogens is 300 g/mol. The largest absolute Gasteiger partial charge is 0.364 e. The first-order valence-corrected chi connectivity index (χ1v) is 6.12. The Morgan fingerprint density at radius 3 is 2.61 bits per heavy atom. The minimum absolute atomic E-state index is 0.0372. The molecule has 0 saturated heterocycles. The number of anilines is 1. The van der Waals surface area contributed by atoms with Crippen molar-refractivity contribution in [2.75, 3.05) is 25.7 Å². The highest BCUT2D eigenvalue weighted by molar-refractivity contribution is 9.10. The lowest BCUT2D eigenvalue weighted by Crippen LogP contribution is -2.37. The molecule has 0 aliphatic carbocycles. The molecule has 2 amide bonds. The maximum Gasteiger partial charge on any atom is 0.244 e. The number of amides is 2. The minimum atomic E-state index is -0.269. The maximum absolute atomic E-state index is 11.8. The first kappa shape index (κ1) is 14.7. The summed E-state index contributed by atoms with van der Waals surface area (Å²) in [5.74, 6) is -0.478. The highest BCUT2D eigenvalue weighted by Gasteiger charge is 2.13. The van der Waals surface area contributed by atoms with E-state index in [1.807, 2.05) is 18.2 Å². The molecule has 0 aliphatic rings. The number of halogens is 1. The predicted octanol–water partition coefficient (Wildman–Crippen LogP) is 1.84. The summed E-state index contributed by atoms with van der Waals surface area (Å²) < 4.78 is 5.65. The molecule has 1 aromatic rings. The Balaban J connectivity index is 2.61. The van der Waals surface area contributed by atoms with Crippen molar-refractivity contribution in [2.24, 2.45) is 0 Å². The second kappa shape index (κ2) is 7.13. The van der Waals surface area contributed by atoms with Crippen molar-refractivity contribution in [3.8, 4) is 0 Å². The Bertz CT molecular complexity index is 437. The van der Waals surface area contributed by atoms with Gasteiger partial charge in [0.1, 0.15) is 13.3 Å². The molecule has 0 radical (unpaired) electrons. The van der Waals surface area contributed by atoms with Gasteiger partial charge in [0.15, 0.2) is 0 Å². The van der Waals surface area contributed by atoms with E-state index < -0.39 is 0 Å². The van der Waals surface area contributed by atoms with Crippen LogP contribution in [-0.4, -0.2) is 37.1 Å². The maximum atomic E-state index is 11.8. The van der Waals surface area contributed by atoms with Crippen molar-refractivity contribution in [3.63, 3.8) is 0 Å². The summed E-state index contributed by atoms with van der Waals surface area (Å²) in [7, 11) is 1.47. The third-order valence-electron chi connectivity index (χ3n) is 2.21. The van der Waals surface area contributed by atoms with E-state index in [1.165, 1.54) is 18.9 Å². The van der Waals surface area contributed by atoms with Gasteiger partial charge in [0.05, 0.1) is 5.69 Å². The summed E-state index contributed by atoms with van der Waals surface area (Å²) in [4.78, 5) is 24.3. The van der Waals surface area contributed by atoms with Gasteiger partial charge in [0.2, 0.25) is 11.8 Å². The molecule has 0 unspecified atom stereocenters. The quantitative estimate of drug-likeness (QED) is 0.844. The summed E-state index contributed by atoms with van der Waals surface area (Å²) in [5.41, 5.74) is 0.670. The minimum Gasteiger partial charge on any atom is -0.364 e. The number of hydrogen-bond donors (Lipinski definition) is 1. The summed E-state index contributed by atoms with van der Waals surface area (Å²) in [5, 5.41) is 2.72. The first-order chi connectivity index (χ1) is 8.54. The zero-order valence-electron chi connectivity index (χ0n) is 10.3. The van der Waals surface area contributed by atoms with Gasteiger partial charge in [-0.2, -0.15) is 0 Å². The van der Waals surface area contributed by atoms with Crippen LogP contribution in [0.3, 0.4) is 0 Å². The van der Waals surface area contributed by atoms with Gasteiger partial charge in [-0.05, 0) is 28.1 Å². The second-order valence-corrected chi connectivity index (χ2v) is 4.52. The summed E-state index contributed by atoms with van der Waals surface area (Å²) in [6.45, 7) is 1.45. The molecule has 1 aromatic carbocycles. The van der Waals surface area contributed by atoms with Gasteiger partial charge >= 0.3 is 0 Å². The van der Waals surface area contributed by atoms with Gasteiger partial charge in [-0.3, -0.25) is 9.59 Å². The van der Waals surface area contributed by atoms with Crippen molar-refractivity contribution in [1.29, 1.82) is 0 Å². The number of methoxy groups -OCH3 is 1. The number of ether oxygens (including phenoxy) is 1. The van der Waals surface area contributed by atoms with E-state index >= 15 is 0 Å². The smallest absolute Gasteiger partial charge is 0.244 e. The lowest BCUT2D eigenvalue weighted by Gasteiger charge is -2.19. The highest BCUT2D eigenvalue weighted by atomic mass is 79.9. The molecule has 0 spiro atoms. The Labute approximate surface area is 114 Å². The normalized spacial score (nSPS) is 9.94. The van der Waals surface area contributed by atoms with Crippen molar-refractivity contribution >= 4 is 33.4 Å². The van der Waals surface area contributed by atoms with Gasteiger partial charge in [-0.25, -0.2) is 0 Å². The topological polar surface area (TPSA) is 58.6 Å². The lowest BCUT2D eigenvalue weighted by atomic mass is 10.3. The number of carbonyl (C=O) groups is 2. The molecule has 18 heavy (non-hydrogen) atoms. The first-order valence-electron chi connectivity index (χ1n) is 5.33. The Kier molecular flexibility index (Phi) is 5.80. The van der Waals surface area contributed by atoms with Crippen LogP contribution >= 0.6 is 15.9 Å². The van der Waals surface area contributed by atoms with E-state index in [1.54, 1.807) is 6.07 Å². The molecule has 0 aromatic heterocycles. The fraction of sp³-hybridized carbons (Fsp3) is 0.333. The molecule has 0 atom stereocenters. The average molecular weight is 315 g/mol. The Morgan fingerprint density at radius 2 is 2.06 bits per heavy atom. The number of carbonyl (C=O) groups excluding carboxylic acids is 2. The standard InChI is InChI=1S/C12H15BrN2O3/c1-9(16)15(8-18-2)7-12(17)14-11-6-4-3-5-10(11)13/h3-6H,7-8H2,1-2H3,(H,14,17). The molecule has 6 heteroatoms. The van der Waals surface area contributed by atoms with E-state index in [2.05, 4.69) is 21.2 Å². The van der Waals surface area contributed by atoms with Crippen molar-refractivity contribution in [2.45, 2.75) is 6.92 Å². The average Bonchev–Trinajstić information content (AvgIpc) is 2.31. The summed E-state index contributed by atoms with van der Waals surface area (Å²) in [6.07, 6.45) is 0. The van der Waals surface area contributed by atoms with Crippen LogP contribution in [0.15, 0.2) is 28.7 Å². The lowest BCUT2D eigenvalue weighted by molar-refractivity contribution is -0.137. The van der Waals surface area contributed by atoms with E-state index in [0.29, 0.717) is 5.69 Å². The van der Waals surface area contributed by atoms with Gasteiger partial charge < -0.3 is 15.0 Å². The van der Waals surface area contributed by atoms with Crippen LogP contribution in [0.5, 0.6) is 0 Å². The summed E-state index contributed by atoms with van der Waals surface area (Å²) >= 11 is 3.33. The van der Waals surface area contributed by atoms with Crippen molar-refractivity contribution in [1.82, 2.24) is 4.90 Å².